The molecule has 0 saturated carbocycles. The summed E-state index contributed by atoms with van der Waals surface area (Å²) in [7, 11) is 0. The van der Waals surface area contributed by atoms with Gasteiger partial charge in [-0.1, -0.05) is 0 Å². The molecule has 0 aliphatic carbocycles. The fourth-order valence-corrected chi connectivity index (χ4v) is 0.976. The van der Waals surface area contributed by atoms with E-state index in [9.17, 15) is 4.79 Å². The second kappa shape index (κ2) is 4.41. The predicted molar refractivity (Wildman–Crippen MR) is 37.6 cm³/mol. The van der Waals surface area contributed by atoms with E-state index in [1.54, 1.807) is 6.42 Å². The van der Waals surface area contributed by atoms with Crippen LogP contribution in [0.4, 0.5) is 0 Å². The van der Waals surface area contributed by atoms with Crippen LogP contribution in [0.1, 0.15) is 0 Å². The van der Waals surface area contributed by atoms with Gasteiger partial charge in [0.05, 0.1) is 13.2 Å². The van der Waals surface area contributed by atoms with E-state index in [0.717, 1.165) is 39.1 Å². The fourth-order valence-electron chi connectivity index (χ4n) is 0.976. The van der Waals surface area contributed by atoms with Gasteiger partial charge in [0.25, 0.3) is 0 Å². The van der Waals surface area contributed by atoms with Gasteiger partial charge >= 0.3 is 0 Å². The first-order chi connectivity index (χ1) is 4.93. The largest absolute Gasteiger partial charge is 0.379 e. The minimum Gasteiger partial charge on any atom is -0.379 e. The molecule has 0 amide bonds. The van der Waals surface area contributed by atoms with Gasteiger partial charge in [-0.2, -0.15) is 0 Å². The second-order valence-corrected chi connectivity index (χ2v) is 2.28. The van der Waals surface area contributed by atoms with Gasteiger partial charge in [-0.3, -0.25) is 4.90 Å². The number of rotatable bonds is 3. The maximum Gasteiger partial charge on any atom is 0.125 e. The molecule has 10 heavy (non-hydrogen) atoms. The molecule has 0 spiro atoms. The lowest BCUT2D eigenvalue weighted by Crippen LogP contribution is -2.37. The molecular formula is C7H12NO2. The summed E-state index contributed by atoms with van der Waals surface area (Å²) in [5.41, 5.74) is 0. The van der Waals surface area contributed by atoms with E-state index in [-0.39, 0.29) is 0 Å². The van der Waals surface area contributed by atoms with Crippen molar-refractivity contribution in [3.05, 3.63) is 6.42 Å². The van der Waals surface area contributed by atoms with Gasteiger partial charge < -0.3 is 9.53 Å². The van der Waals surface area contributed by atoms with E-state index in [1.165, 1.54) is 0 Å². The van der Waals surface area contributed by atoms with Crippen molar-refractivity contribution in [3.8, 4) is 0 Å². The minimum absolute atomic E-state index is 0.771. The summed E-state index contributed by atoms with van der Waals surface area (Å²) in [4.78, 5) is 12.1. The average Bonchev–Trinajstić information content (AvgIpc) is 2.03. The number of hydrogen-bond donors (Lipinski definition) is 0. The third-order valence-electron chi connectivity index (χ3n) is 1.56. The zero-order chi connectivity index (χ0) is 7.23. The van der Waals surface area contributed by atoms with Crippen molar-refractivity contribution < 1.29 is 9.53 Å². The lowest BCUT2D eigenvalue weighted by molar-refractivity contribution is -0.105. The maximum absolute atomic E-state index is 9.93. The first kappa shape index (κ1) is 7.69. The fraction of sp³-hybridized carbons (Fsp3) is 0.714. The number of carbonyl (C=O) groups is 1. The van der Waals surface area contributed by atoms with Gasteiger partial charge in [0.2, 0.25) is 0 Å². The molecule has 57 valence electrons. The Morgan fingerprint density at radius 3 is 2.70 bits per heavy atom. The number of aldehydes is 1. The molecule has 1 aliphatic rings. The van der Waals surface area contributed by atoms with Gasteiger partial charge in [0, 0.05) is 26.1 Å². The van der Waals surface area contributed by atoms with Crippen molar-refractivity contribution in [2.24, 2.45) is 0 Å². The summed E-state index contributed by atoms with van der Waals surface area (Å²) in [6.07, 6.45) is 2.47. The Kier molecular flexibility index (Phi) is 3.40. The Labute approximate surface area is 61.0 Å². The lowest BCUT2D eigenvalue weighted by atomic mass is 10.3. The van der Waals surface area contributed by atoms with Crippen LogP contribution >= 0.6 is 0 Å². The first-order valence-electron chi connectivity index (χ1n) is 3.50. The Bertz CT molecular complexity index is 99.8. The molecule has 1 radical (unpaired) electrons. The molecule has 1 fully saturated rings. The van der Waals surface area contributed by atoms with Crippen molar-refractivity contribution in [1.82, 2.24) is 4.90 Å². The van der Waals surface area contributed by atoms with Crippen LogP contribution in [0.3, 0.4) is 0 Å². The molecule has 0 aromatic carbocycles. The number of ether oxygens (including phenoxy) is 1. The quantitative estimate of drug-likeness (QED) is 0.508. The van der Waals surface area contributed by atoms with Crippen LogP contribution in [0, 0.1) is 6.42 Å². The van der Waals surface area contributed by atoms with E-state index in [0.29, 0.717) is 0 Å². The van der Waals surface area contributed by atoms with Gasteiger partial charge in [0.15, 0.2) is 0 Å². The van der Waals surface area contributed by atoms with E-state index in [4.69, 9.17) is 4.74 Å². The highest BCUT2D eigenvalue weighted by Crippen LogP contribution is 1.95. The Morgan fingerprint density at radius 1 is 1.40 bits per heavy atom. The number of carbonyl (C=O) groups excluding carboxylic acids is 1. The van der Waals surface area contributed by atoms with Crippen LogP contribution < -0.4 is 0 Å². The molecule has 3 nitrogen and oxygen atoms in total. The summed E-state index contributed by atoms with van der Waals surface area (Å²) >= 11 is 0. The van der Waals surface area contributed by atoms with Crippen LogP contribution in [0.25, 0.3) is 0 Å². The molecule has 1 rings (SSSR count). The average molecular weight is 142 g/mol. The van der Waals surface area contributed by atoms with Crippen molar-refractivity contribution in [1.29, 1.82) is 0 Å². The molecule has 1 aliphatic heterocycles. The Balaban J connectivity index is 2.07. The molecule has 0 unspecified atom stereocenters. The predicted octanol–water partition coefficient (Wildman–Crippen LogP) is -0.278. The molecule has 3 heteroatoms. The van der Waals surface area contributed by atoms with E-state index in [1.807, 2.05) is 0 Å². The normalized spacial score (nSPS) is 20.8. The smallest absolute Gasteiger partial charge is 0.125 e. The minimum atomic E-state index is 0.771. The molecule has 1 heterocycles. The zero-order valence-corrected chi connectivity index (χ0v) is 5.95. The van der Waals surface area contributed by atoms with Crippen molar-refractivity contribution in [2.45, 2.75) is 0 Å². The summed E-state index contributed by atoms with van der Waals surface area (Å²) in [5, 5.41) is 0. The highest BCUT2D eigenvalue weighted by atomic mass is 16.5. The van der Waals surface area contributed by atoms with Gasteiger partial charge in [-0.15, -0.1) is 0 Å². The number of hydrogen-bond acceptors (Lipinski definition) is 3. The van der Waals surface area contributed by atoms with Crippen LogP contribution in [-0.4, -0.2) is 44.0 Å². The third kappa shape index (κ3) is 2.45. The number of morpholine rings is 1. The number of nitrogens with zero attached hydrogens (tertiary/aromatic N) is 1. The van der Waals surface area contributed by atoms with Crippen LogP contribution in [0.5, 0.6) is 0 Å². The van der Waals surface area contributed by atoms with Crippen LogP contribution in [-0.2, 0) is 9.53 Å². The first-order valence-corrected chi connectivity index (χ1v) is 3.50. The standard InChI is InChI=1S/C7H12NO2/c9-5-1-2-8-3-6-10-7-4-8/h1,5H,2-4,6-7H2. The van der Waals surface area contributed by atoms with Gasteiger partial charge in [-0.25, -0.2) is 0 Å². The van der Waals surface area contributed by atoms with Crippen molar-refractivity contribution in [2.75, 3.05) is 32.8 Å². The molecule has 0 N–H and O–H groups in total. The maximum atomic E-state index is 9.93. The highest BCUT2D eigenvalue weighted by Gasteiger charge is 2.08. The summed E-state index contributed by atoms with van der Waals surface area (Å²) in [6.45, 7) is 4.26. The van der Waals surface area contributed by atoms with Crippen LogP contribution in [0.15, 0.2) is 0 Å². The molecule has 0 aromatic heterocycles. The Hall–Kier alpha value is -0.410. The highest BCUT2D eigenvalue weighted by molar-refractivity contribution is 5.61. The molecule has 0 bridgehead atoms. The summed E-state index contributed by atoms with van der Waals surface area (Å²) in [6, 6.07) is 0. The summed E-state index contributed by atoms with van der Waals surface area (Å²) < 4.78 is 5.14. The Morgan fingerprint density at radius 2 is 2.10 bits per heavy atom. The van der Waals surface area contributed by atoms with Gasteiger partial charge in [0.1, 0.15) is 6.29 Å². The summed E-state index contributed by atoms with van der Waals surface area (Å²) in [5.74, 6) is 0. The lowest BCUT2D eigenvalue weighted by Gasteiger charge is -2.25. The second-order valence-electron chi connectivity index (χ2n) is 2.28. The van der Waals surface area contributed by atoms with Crippen molar-refractivity contribution >= 4 is 6.29 Å². The molecular weight excluding hydrogens is 130 g/mol. The van der Waals surface area contributed by atoms with Gasteiger partial charge in [-0.05, 0) is 0 Å². The van der Waals surface area contributed by atoms with E-state index < -0.39 is 0 Å². The zero-order valence-electron chi connectivity index (χ0n) is 5.95. The van der Waals surface area contributed by atoms with E-state index >= 15 is 0 Å². The molecule has 0 atom stereocenters. The molecule has 1 saturated heterocycles. The van der Waals surface area contributed by atoms with Crippen LogP contribution in [0.2, 0.25) is 0 Å². The third-order valence-corrected chi connectivity index (χ3v) is 1.56. The van der Waals surface area contributed by atoms with E-state index in [2.05, 4.69) is 4.90 Å². The SMILES string of the molecule is O=C[CH]CN1CCOCC1. The molecule has 0 aromatic rings. The van der Waals surface area contributed by atoms with Crippen molar-refractivity contribution in [3.63, 3.8) is 0 Å². The topological polar surface area (TPSA) is 29.5 Å². The monoisotopic (exact) mass is 142 g/mol.